The van der Waals surface area contributed by atoms with E-state index in [0.29, 0.717) is 22.8 Å². The van der Waals surface area contributed by atoms with Crippen LogP contribution in [0.5, 0.6) is 0 Å². The van der Waals surface area contributed by atoms with Gasteiger partial charge in [-0.15, -0.1) is 0 Å². The third-order valence-electron chi connectivity index (χ3n) is 2.65. The van der Waals surface area contributed by atoms with Crippen molar-refractivity contribution in [3.8, 4) is 0 Å². The normalized spacial score (nSPS) is 11.9. The smallest absolute Gasteiger partial charge is 0.326 e. The molecule has 4 nitrogen and oxygen atoms in total. The molecular formula is C13H16ClNO3S. The van der Waals surface area contributed by atoms with Crippen LogP contribution in [-0.2, 0) is 4.79 Å². The summed E-state index contributed by atoms with van der Waals surface area (Å²) in [5.74, 6) is -0.827. The maximum atomic E-state index is 12.0. The van der Waals surface area contributed by atoms with E-state index in [2.05, 4.69) is 5.32 Å². The Morgan fingerprint density at radius 2 is 2.16 bits per heavy atom. The van der Waals surface area contributed by atoms with Crippen molar-refractivity contribution in [2.45, 2.75) is 19.4 Å². The first-order chi connectivity index (χ1) is 8.97. The second kappa shape index (κ2) is 7.40. The van der Waals surface area contributed by atoms with E-state index < -0.39 is 17.9 Å². The van der Waals surface area contributed by atoms with E-state index in [4.69, 9.17) is 16.7 Å². The fourth-order valence-electron chi connectivity index (χ4n) is 1.55. The number of carbonyl (C=O) groups excluding carboxylic acids is 1. The Labute approximate surface area is 121 Å². The van der Waals surface area contributed by atoms with Gasteiger partial charge in [0.05, 0.1) is 10.6 Å². The highest BCUT2D eigenvalue weighted by molar-refractivity contribution is 7.98. The van der Waals surface area contributed by atoms with Crippen molar-refractivity contribution in [2.75, 3.05) is 12.0 Å². The van der Waals surface area contributed by atoms with Gasteiger partial charge in [0.25, 0.3) is 5.91 Å². The lowest BCUT2D eigenvalue weighted by molar-refractivity contribution is -0.139. The number of nitrogens with one attached hydrogen (secondary N) is 1. The van der Waals surface area contributed by atoms with Crippen LogP contribution >= 0.6 is 23.4 Å². The minimum absolute atomic E-state index is 0.303. The Hall–Kier alpha value is -1.20. The van der Waals surface area contributed by atoms with Crippen LogP contribution in [0.25, 0.3) is 0 Å². The van der Waals surface area contributed by atoms with Crippen LogP contribution in [0.3, 0.4) is 0 Å². The number of amides is 1. The molecule has 0 aliphatic heterocycles. The Balaban J connectivity index is 2.82. The molecule has 0 unspecified atom stereocenters. The van der Waals surface area contributed by atoms with Crippen molar-refractivity contribution in [1.29, 1.82) is 0 Å². The molecule has 0 aromatic heterocycles. The standard InChI is InChI=1S/C13H16ClNO3S/c1-8-4-3-5-9(11(8)14)12(16)15-10(13(17)18)6-7-19-2/h3-5,10H,6-7H2,1-2H3,(H,15,16)(H,17,18)/t10-/m0/s1. The van der Waals surface area contributed by atoms with Gasteiger partial charge in [0.1, 0.15) is 6.04 Å². The molecule has 0 aliphatic carbocycles. The summed E-state index contributed by atoms with van der Waals surface area (Å²) in [5, 5.41) is 11.9. The van der Waals surface area contributed by atoms with Crippen molar-refractivity contribution in [3.63, 3.8) is 0 Å². The van der Waals surface area contributed by atoms with Gasteiger partial charge in [-0.1, -0.05) is 23.7 Å². The molecule has 104 valence electrons. The zero-order chi connectivity index (χ0) is 14.4. The van der Waals surface area contributed by atoms with Crippen LogP contribution in [0, 0.1) is 6.92 Å². The van der Waals surface area contributed by atoms with Gasteiger partial charge in [-0.05, 0) is 37.0 Å². The number of carboxylic acids is 1. The highest BCUT2D eigenvalue weighted by atomic mass is 35.5. The minimum atomic E-state index is -1.04. The molecule has 0 saturated carbocycles. The monoisotopic (exact) mass is 301 g/mol. The van der Waals surface area contributed by atoms with E-state index in [1.54, 1.807) is 25.1 Å². The first-order valence-electron chi connectivity index (χ1n) is 5.75. The number of halogens is 1. The van der Waals surface area contributed by atoms with E-state index in [1.165, 1.54) is 11.8 Å². The molecule has 1 amide bonds. The van der Waals surface area contributed by atoms with Crippen molar-refractivity contribution in [3.05, 3.63) is 34.3 Å². The van der Waals surface area contributed by atoms with Crippen molar-refractivity contribution in [2.24, 2.45) is 0 Å². The van der Waals surface area contributed by atoms with Gasteiger partial charge >= 0.3 is 5.97 Å². The molecule has 1 aromatic rings. The van der Waals surface area contributed by atoms with Crippen LogP contribution in [0.1, 0.15) is 22.3 Å². The van der Waals surface area contributed by atoms with Gasteiger partial charge in [-0.2, -0.15) is 11.8 Å². The van der Waals surface area contributed by atoms with E-state index in [9.17, 15) is 9.59 Å². The number of carbonyl (C=O) groups is 2. The van der Waals surface area contributed by atoms with Gasteiger partial charge in [0, 0.05) is 0 Å². The third-order valence-corrected chi connectivity index (χ3v) is 3.80. The molecule has 0 aliphatic rings. The average molecular weight is 302 g/mol. The van der Waals surface area contributed by atoms with Crippen molar-refractivity contribution in [1.82, 2.24) is 5.32 Å². The zero-order valence-electron chi connectivity index (χ0n) is 10.8. The van der Waals surface area contributed by atoms with Gasteiger partial charge in [0.2, 0.25) is 0 Å². The maximum Gasteiger partial charge on any atom is 0.326 e. The summed E-state index contributed by atoms with van der Waals surface area (Å²) >= 11 is 7.58. The number of hydrogen-bond donors (Lipinski definition) is 2. The van der Waals surface area contributed by atoms with Gasteiger partial charge < -0.3 is 10.4 Å². The van der Waals surface area contributed by atoms with Crippen molar-refractivity contribution >= 4 is 35.2 Å². The van der Waals surface area contributed by atoms with E-state index in [0.717, 1.165) is 5.56 Å². The van der Waals surface area contributed by atoms with Crippen LogP contribution in [0.15, 0.2) is 18.2 Å². The summed E-state index contributed by atoms with van der Waals surface area (Å²) in [5.41, 5.74) is 1.09. The summed E-state index contributed by atoms with van der Waals surface area (Å²) in [4.78, 5) is 23.1. The molecule has 0 radical (unpaired) electrons. The van der Waals surface area contributed by atoms with Gasteiger partial charge in [-0.3, -0.25) is 4.79 Å². The SMILES string of the molecule is CSCC[C@H](NC(=O)c1cccc(C)c1Cl)C(=O)O. The largest absolute Gasteiger partial charge is 0.480 e. The van der Waals surface area contributed by atoms with E-state index in [-0.39, 0.29) is 0 Å². The number of rotatable bonds is 6. The number of carboxylic acid groups (broad SMARTS) is 1. The predicted octanol–water partition coefficient (Wildman–Crippen LogP) is 2.58. The molecule has 2 N–H and O–H groups in total. The van der Waals surface area contributed by atoms with Gasteiger partial charge in [0.15, 0.2) is 0 Å². The second-order valence-electron chi connectivity index (χ2n) is 4.08. The molecule has 0 spiro atoms. The molecule has 0 fully saturated rings. The Kier molecular flexibility index (Phi) is 6.18. The quantitative estimate of drug-likeness (QED) is 0.847. The zero-order valence-corrected chi connectivity index (χ0v) is 12.3. The lowest BCUT2D eigenvalue weighted by atomic mass is 10.1. The molecule has 6 heteroatoms. The third kappa shape index (κ3) is 4.44. The maximum absolute atomic E-state index is 12.0. The van der Waals surface area contributed by atoms with Gasteiger partial charge in [-0.25, -0.2) is 4.79 Å². The fourth-order valence-corrected chi connectivity index (χ4v) is 2.24. The summed E-state index contributed by atoms with van der Waals surface area (Å²) in [6, 6.07) is 4.20. The lowest BCUT2D eigenvalue weighted by Gasteiger charge is -2.15. The topological polar surface area (TPSA) is 66.4 Å². The number of aryl methyl sites for hydroxylation is 1. The highest BCUT2D eigenvalue weighted by Crippen LogP contribution is 2.20. The van der Waals surface area contributed by atoms with E-state index in [1.807, 2.05) is 6.26 Å². The van der Waals surface area contributed by atoms with Crippen LogP contribution < -0.4 is 5.32 Å². The van der Waals surface area contributed by atoms with Crippen LogP contribution in [-0.4, -0.2) is 35.0 Å². The summed E-state index contributed by atoms with van der Waals surface area (Å²) in [6.07, 6.45) is 2.27. The number of thioether (sulfide) groups is 1. The Bertz CT molecular complexity index is 479. The Morgan fingerprint density at radius 3 is 2.74 bits per heavy atom. The number of benzene rings is 1. The lowest BCUT2D eigenvalue weighted by Crippen LogP contribution is -2.41. The predicted molar refractivity (Wildman–Crippen MR) is 78.1 cm³/mol. The first kappa shape index (κ1) is 15.9. The van der Waals surface area contributed by atoms with Crippen LogP contribution in [0.4, 0.5) is 0 Å². The first-order valence-corrected chi connectivity index (χ1v) is 7.52. The average Bonchev–Trinajstić information content (AvgIpc) is 2.37. The summed E-state index contributed by atoms with van der Waals surface area (Å²) in [7, 11) is 0. The molecule has 1 aromatic carbocycles. The minimum Gasteiger partial charge on any atom is -0.480 e. The molecule has 19 heavy (non-hydrogen) atoms. The Morgan fingerprint density at radius 1 is 1.47 bits per heavy atom. The number of aliphatic carboxylic acids is 1. The summed E-state index contributed by atoms with van der Waals surface area (Å²) in [6.45, 7) is 1.79. The molecule has 1 rings (SSSR count). The molecule has 0 bridgehead atoms. The van der Waals surface area contributed by atoms with E-state index >= 15 is 0 Å². The highest BCUT2D eigenvalue weighted by Gasteiger charge is 2.21. The number of hydrogen-bond acceptors (Lipinski definition) is 3. The molecule has 0 saturated heterocycles. The molecule has 0 heterocycles. The van der Waals surface area contributed by atoms with Crippen molar-refractivity contribution < 1.29 is 14.7 Å². The molecular weight excluding hydrogens is 286 g/mol. The fraction of sp³-hybridized carbons (Fsp3) is 0.385. The van der Waals surface area contributed by atoms with Crippen LogP contribution in [0.2, 0.25) is 5.02 Å². The summed E-state index contributed by atoms with van der Waals surface area (Å²) < 4.78 is 0. The second-order valence-corrected chi connectivity index (χ2v) is 5.45. The molecule has 1 atom stereocenters.